The van der Waals surface area contributed by atoms with E-state index in [9.17, 15) is 18.4 Å². The third kappa shape index (κ3) is 4.05. The molecule has 2 aromatic rings. The van der Waals surface area contributed by atoms with Gasteiger partial charge in [-0.15, -0.1) is 0 Å². The van der Waals surface area contributed by atoms with Crippen LogP contribution in [-0.2, 0) is 40.6 Å². The Kier molecular flexibility index (Phi) is 5.94. The van der Waals surface area contributed by atoms with E-state index in [0.29, 0.717) is 37.5 Å². The van der Waals surface area contributed by atoms with Crippen LogP contribution < -0.4 is 14.1 Å². The second-order valence-corrected chi connectivity index (χ2v) is 10.7. The van der Waals surface area contributed by atoms with E-state index in [4.69, 9.17) is 9.15 Å². The van der Waals surface area contributed by atoms with Crippen molar-refractivity contribution in [3.63, 3.8) is 0 Å². The van der Waals surface area contributed by atoms with Crippen molar-refractivity contribution in [3.05, 3.63) is 51.6 Å². The van der Waals surface area contributed by atoms with Gasteiger partial charge in [-0.25, -0.2) is 9.10 Å². The average Bonchev–Trinajstić information content (AvgIpc) is 3.55. The molecule has 2 amide bonds. The van der Waals surface area contributed by atoms with Gasteiger partial charge >= 0.3 is 16.2 Å². The van der Waals surface area contributed by atoms with Crippen LogP contribution in [-0.4, -0.2) is 33.7 Å². The van der Waals surface area contributed by atoms with E-state index in [1.807, 2.05) is 0 Å². The number of hydrogen-bond donors (Lipinski definition) is 2. The summed E-state index contributed by atoms with van der Waals surface area (Å²) < 4.78 is 37.2. The molecular formula is C23H29N3O6S. The molecule has 0 radical (unpaired) electrons. The molecular weight excluding hydrogens is 446 g/mol. The lowest BCUT2D eigenvalue weighted by atomic mass is 9.99. The largest absolute Gasteiger partial charge is 0.608 e. The number of anilines is 2. The van der Waals surface area contributed by atoms with Gasteiger partial charge in [-0.1, -0.05) is 6.07 Å². The molecule has 10 heteroatoms. The maximum atomic E-state index is 13.5. The molecule has 0 saturated carbocycles. The number of urea groups is 1. The van der Waals surface area contributed by atoms with Crippen LogP contribution in [0.15, 0.2) is 22.8 Å². The molecule has 2 N–H and O–H groups in total. The van der Waals surface area contributed by atoms with E-state index in [2.05, 4.69) is 11.4 Å². The fraction of sp³-hybridized carbons (Fsp3) is 0.522. The van der Waals surface area contributed by atoms with E-state index < -0.39 is 26.8 Å². The summed E-state index contributed by atoms with van der Waals surface area (Å²) in [5.41, 5.74) is 5.38. The van der Waals surface area contributed by atoms with Gasteiger partial charge in [0.1, 0.15) is 12.0 Å². The van der Waals surface area contributed by atoms with Crippen LogP contribution in [0.3, 0.4) is 0 Å². The van der Waals surface area contributed by atoms with Gasteiger partial charge in [0.2, 0.25) is 0 Å². The van der Waals surface area contributed by atoms with E-state index >= 15 is 0 Å². The number of furan rings is 1. The first-order valence-corrected chi connectivity index (χ1v) is 13.0. The summed E-state index contributed by atoms with van der Waals surface area (Å²) in [5, 5.41) is 15.9. The van der Waals surface area contributed by atoms with Gasteiger partial charge in [0.15, 0.2) is 0 Å². The Labute approximate surface area is 193 Å². The molecule has 9 nitrogen and oxygen atoms in total. The highest BCUT2D eigenvalue weighted by Gasteiger charge is 2.40. The van der Waals surface area contributed by atoms with Gasteiger partial charge in [0.25, 0.3) is 0 Å². The minimum absolute atomic E-state index is 0.252. The van der Waals surface area contributed by atoms with Crippen molar-refractivity contribution in [2.45, 2.75) is 64.3 Å². The SMILES string of the molecule is Cc1cc(N(C2CCOCC2)S(=O)(=O)[NH+]([O-])C(=O)Nc2c3c(cc4c2CCC4)CCC3)co1. The first-order valence-electron chi connectivity index (χ1n) is 11.6. The Bertz CT molecular complexity index is 1140. The number of aryl methyl sites for hydroxylation is 3. The number of nitrogens with zero attached hydrogens (tertiary/aromatic N) is 1. The molecule has 1 fully saturated rings. The number of carbonyl (C=O) groups is 1. The van der Waals surface area contributed by atoms with Crippen molar-refractivity contribution < 1.29 is 26.8 Å². The van der Waals surface area contributed by atoms with E-state index in [-0.39, 0.29) is 5.69 Å². The third-order valence-electron chi connectivity index (χ3n) is 6.88. The number of hydroxylamine groups is 1. The molecule has 2 aliphatic carbocycles. The first-order chi connectivity index (χ1) is 15.9. The van der Waals surface area contributed by atoms with Crippen LogP contribution in [0.1, 0.15) is 53.7 Å². The lowest BCUT2D eigenvalue weighted by Crippen LogP contribution is -3.14. The van der Waals surface area contributed by atoms with Crippen molar-refractivity contribution in [2.75, 3.05) is 22.8 Å². The highest BCUT2D eigenvalue weighted by molar-refractivity contribution is 7.86. The predicted octanol–water partition coefficient (Wildman–Crippen LogP) is 2.41. The summed E-state index contributed by atoms with van der Waals surface area (Å²) >= 11 is 0. The number of nitrogens with one attached hydrogen (secondary N) is 2. The summed E-state index contributed by atoms with van der Waals surface area (Å²) in [6.45, 7) is 2.47. The zero-order valence-corrected chi connectivity index (χ0v) is 19.5. The maximum Gasteiger partial charge on any atom is 0.436 e. The van der Waals surface area contributed by atoms with Crippen LogP contribution in [0.2, 0.25) is 0 Å². The standard InChI is InChI=1S/C23H29N3O6S/c1-15-12-19(14-32-15)25(18-8-10-31-11-9-18)33(29,30)26(28)23(27)24-22-20-6-2-4-16(20)13-17-5-3-7-21(17)22/h12-14,18,26H,2-11H2,1H3,(H,24,27). The van der Waals surface area contributed by atoms with Gasteiger partial charge in [-0.3, -0.25) is 5.32 Å². The molecule has 5 rings (SSSR count). The summed E-state index contributed by atoms with van der Waals surface area (Å²) in [6, 6.07) is 2.19. The molecule has 33 heavy (non-hydrogen) atoms. The van der Waals surface area contributed by atoms with E-state index in [1.165, 1.54) is 17.4 Å². The lowest BCUT2D eigenvalue weighted by Gasteiger charge is -2.35. The Morgan fingerprint density at radius 1 is 1.09 bits per heavy atom. The second-order valence-electron chi connectivity index (χ2n) is 9.04. The quantitative estimate of drug-likeness (QED) is 0.642. The molecule has 1 atom stereocenters. The van der Waals surface area contributed by atoms with Gasteiger partial charge < -0.3 is 14.4 Å². The van der Waals surface area contributed by atoms with Gasteiger partial charge in [-0.2, -0.15) is 12.9 Å². The number of fused-ring (bicyclic) bond motifs is 2. The molecule has 1 aromatic heterocycles. The number of rotatable bonds is 5. The number of ether oxygens (including phenoxy) is 1. The zero-order valence-electron chi connectivity index (χ0n) is 18.7. The molecule has 3 aliphatic rings. The van der Waals surface area contributed by atoms with Gasteiger partial charge in [0, 0.05) is 19.3 Å². The van der Waals surface area contributed by atoms with Crippen LogP contribution in [0, 0.1) is 12.1 Å². The van der Waals surface area contributed by atoms with Crippen LogP contribution in [0.4, 0.5) is 16.2 Å². The van der Waals surface area contributed by atoms with Crippen molar-refractivity contribution in [1.82, 2.24) is 0 Å². The molecule has 0 bridgehead atoms. The van der Waals surface area contributed by atoms with Crippen LogP contribution in [0.25, 0.3) is 0 Å². The Hall–Kier alpha value is -2.40. The Morgan fingerprint density at radius 3 is 2.30 bits per heavy atom. The molecule has 1 unspecified atom stereocenters. The molecule has 178 valence electrons. The summed E-state index contributed by atoms with van der Waals surface area (Å²) in [6.07, 6.45) is 7.67. The maximum absolute atomic E-state index is 13.5. The monoisotopic (exact) mass is 475 g/mol. The topological polar surface area (TPSA) is 116 Å². The van der Waals surface area contributed by atoms with Crippen molar-refractivity contribution in [1.29, 1.82) is 0 Å². The van der Waals surface area contributed by atoms with Crippen molar-refractivity contribution in [2.24, 2.45) is 0 Å². The molecule has 2 heterocycles. The summed E-state index contributed by atoms with van der Waals surface area (Å²) in [7, 11) is -4.62. The number of benzene rings is 1. The molecule has 0 spiro atoms. The van der Waals surface area contributed by atoms with Crippen molar-refractivity contribution in [3.8, 4) is 0 Å². The normalized spacial score (nSPS) is 19.2. The summed E-state index contributed by atoms with van der Waals surface area (Å²) in [5.74, 6) is 0.518. The smallest absolute Gasteiger partial charge is 0.436 e. The molecule has 1 saturated heterocycles. The van der Waals surface area contributed by atoms with Crippen LogP contribution >= 0.6 is 0 Å². The minimum atomic E-state index is -4.62. The molecule has 1 aliphatic heterocycles. The zero-order chi connectivity index (χ0) is 23.2. The Balaban J connectivity index is 1.45. The number of quaternary nitrogens is 1. The first kappa shape index (κ1) is 22.4. The fourth-order valence-electron chi connectivity index (χ4n) is 5.35. The highest BCUT2D eigenvalue weighted by atomic mass is 32.2. The summed E-state index contributed by atoms with van der Waals surface area (Å²) in [4.78, 5) is 13.1. The highest BCUT2D eigenvalue weighted by Crippen LogP contribution is 2.38. The third-order valence-corrected chi connectivity index (χ3v) is 8.56. The second kappa shape index (κ2) is 8.75. The Morgan fingerprint density at radius 2 is 1.73 bits per heavy atom. The lowest BCUT2D eigenvalue weighted by molar-refractivity contribution is -0.604. The van der Waals surface area contributed by atoms with E-state index in [0.717, 1.165) is 54.0 Å². The van der Waals surface area contributed by atoms with Gasteiger partial charge in [0.05, 0.1) is 17.4 Å². The predicted molar refractivity (Wildman–Crippen MR) is 123 cm³/mol. The molecule has 1 aromatic carbocycles. The van der Waals surface area contributed by atoms with Gasteiger partial charge in [-0.05, 0) is 80.5 Å². The van der Waals surface area contributed by atoms with Crippen LogP contribution in [0.5, 0.6) is 0 Å². The minimum Gasteiger partial charge on any atom is -0.608 e. The average molecular weight is 476 g/mol. The van der Waals surface area contributed by atoms with E-state index in [1.54, 1.807) is 13.0 Å². The number of carbonyl (C=O) groups excluding carboxylic acids is 1. The number of amides is 2. The van der Waals surface area contributed by atoms with Crippen molar-refractivity contribution >= 4 is 27.6 Å². The fourth-order valence-corrected chi connectivity index (χ4v) is 6.79. The number of hydrogen-bond acceptors (Lipinski definition) is 6.